The lowest BCUT2D eigenvalue weighted by atomic mass is 9.79. The summed E-state index contributed by atoms with van der Waals surface area (Å²) >= 11 is 3.23. The summed E-state index contributed by atoms with van der Waals surface area (Å²) in [7, 11) is -0.385. The van der Waals surface area contributed by atoms with Crippen LogP contribution in [-0.2, 0) is 15.9 Å². The number of ether oxygens (including phenoxy) is 1. The maximum atomic E-state index is 13.8. The molecule has 0 unspecified atom stereocenters. The molecule has 25 heavy (non-hydrogen) atoms. The fourth-order valence-corrected chi connectivity index (χ4v) is 2.84. The van der Waals surface area contributed by atoms with Crippen molar-refractivity contribution in [3.8, 4) is 5.75 Å². The molecule has 132 valence electrons. The first-order chi connectivity index (χ1) is 11.7. The van der Waals surface area contributed by atoms with E-state index in [4.69, 9.17) is 14.0 Å². The van der Waals surface area contributed by atoms with Crippen molar-refractivity contribution >= 4 is 28.5 Å². The van der Waals surface area contributed by atoms with Gasteiger partial charge in [-0.3, -0.25) is 0 Å². The molecule has 1 aliphatic heterocycles. The van der Waals surface area contributed by atoms with Gasteiger partial charge < -0.3 is 14.0 Å². The van der Waals surface area contributed by atoms with Crippen LogP contribution in [0.1, 0.15) is 33.3 Å². The number of halogens is 2. The summed E-state index contributed by atoms with van der Waals surface area (Å²) < 4.78 is 32.1. The van der Waals surface area contributed by atoms with E-state index in [9.17, 15) is 4.39 Å². The fourth-order valence-electron chi connectivity index (χ4n) is 2.50. The topological polar surface area (TPSA) is 27.7 Å². The molecular weight excluding hydrogens is 386 g/mol. The summed E-state index contributed by atoms with van der Waals surface area (Å²) in [5.74, 6) is -0.151. The second-order valence-electron chi connectivity index (χ2n) is 7.19. The van der Waals surface area contributed by atoms with E-state index in [2.05, 4.69) is 15.9 Å². The highest BCUT2D eigenvalue weighted by atomic mass is 79.9. The van der Waals surface area contributed by atoms with E-state index in [1.165, 1.54) is 6.07 Å². The molecule has 0 radical (unpaired) electrons. The van der Waals surface area contributed by atoms with E-state index >= 15 is 0 Å². The van der Waals surface area contributed by atoms with Gasteiger partial charge in [-0.25, -0.2) is 4.39 Å². The summed E-state index contributed by atoms with van der Waals surface area (Å²) in [6.45, 7) is 8.41. The van der Waals surface area contributed by atoms with E-state index in [1.54, 1.807) is 12.1 Å². The maximum Gasteiger partial charge on any atom is 0.494 e. The first-order valence-electron chi connectivity index (χ1n) is 8.20. The normalized spacial score (nSPS) is 18.4. The average Bonchev–Trinajstić information content (AvgIpc) is 2.75. The first-order valence-corrected chi connectivity index (χ1v) is 9.00. The highest BCUT2D eigenvalue weighted by Gasteiger charge is 2.51. The zero-order valence-electron chi connectivity index (χ0n) is 14.8. The van der Waals surface area contributed by atoms with Crippen molar-refractivity contribution in [3.63, 3.8) is 0 Å². The Morgan fingerprint density at radius 3 is 2.16 bits per heavy atom. The third kappa shape index (κ3) is 3.91. The van der Waals surface area contributed by atoms with Crippen LogP contribution >= 0.6 is 15.9 Å². The highest BCUT2D eigenvalue weighted by molar-refractivity contribution is 9.10. The molecule has 6 heteroatoms. The molecule has 0 atom stereocenters. The molecule has 0 N–H and O–H groups in total. The van der Waals surface area contributed by atoms with Crippen LogP contribution < -0.4 is 10.2 Å². The van der Waals surface area contributed by atoms with Crippen molar-refractivity contribution < 1.29 is 18.4 Å². The molecule has 1 fully saturated rings. The van der Waals surface area contributed by atoms with Gasteiger partial charge in [-0.15, -0.1) is 0 Å². The minimum absolute atomic E-state index is 0.234. The third-order valence-corrected chi connectivity index (χ3v) is 5.29. The van der Waals surface area contributed by atoms with Gasteiger partial charge >= 0.3 is 7.12 Å². The second kappa shape index (κ2) is 6.74. The van der Waals surface area contributed by atoms with Crippen LogP contribution in [0.15, 0.2) is 46.9 Å². The van der Waals surface area contributed by atoms with Gasteiger partial charge in [0.2, 0.25) is 0 Å². The minimum Gasteiger partial charge on any atom is -0.486 e. The van der Waals surface area contributed by atoms with Crippen molar-refractivity contribution in [3.05, 3.63) is 58.3 Å². The van der Waals surface area contributed by atoms with Gasteiger partial charge in [0.05, 0.1) is 11.2 Å². The smallest absolute Gasteiger partial charge is 0.486 e. The van der Waals surface area contributed by atoms with Gasteiger partial charge in [-0.1, -0.05) is 40.2 Å². The molecule has 2 aromatic rings. The van der Waals surface area contributed by atoms with Crippen LogP contribution in [0.5, 0.6) is 5.75 Å². The van der Waals surface area contributed by atoms with Gasteiger partial charge in [-0.2, -0.15) is 0 Å². The summed E-state index contributed by atoms with van der Waals surface area (Å²) in [6, 6.07) is 12.5. The van der Waals surface area contributed by atoms with Crippen molar-refractivity contribution in [1.82, 2.24) is 0 Å². The first kappa shape index (κ1) is 18.4. The quantitative estimate of drug-likeness (QED) is 0.701. The predicted octanol–water partition coefficient (Wildman–Crippen LogP) is 4.47. The Labute approximate surface area is 156 Å². The van der Waals surface area contributed by atoms with Crippen LogP contribution in [-0.4, -0.2) is 18.3 Å². The third-order valence-electron chi connectivity index (χ3n) is 4.79. The van der Waals surface area contributed by atoms with Crippen molar-refractivity contribution in [1.29, 1.82) is 0 Å². The predicted molar refractivity (Wildman–Crippen MR) is 101 cm³/mol. The minimum atomic E-state index is -0.386. The second-order valence-corrected chi connectivity index (χ2v) is 8.11. The summed E-state index contributed by atoms with van der Waals surface area (Å²) in [4.78, 5) is 0. The standard InChI is InChI=1S/C19H21BBrFO3/c1-18(2)19(3,4)25-20(24-18)14-7-5-13(6-8-14)12-23-17-10-9-15(21)11-16(17)22/h5-11H,12H2,1-4H3. The molecular formula is C19H21BBrFO3. The number of hydrogen-bond donors (Lipinski definition) is 0. The molecule has 1 saturated heterocycles. The molecule has 0 bridgehead atoms. The van der Waals surface area contributed by atoms with Gasteiger partial charge in [0, 0.05) is 4.47 Å². The maximum absolute atomic E-state index is 13.8. The Morgan fingerprint density at radius 1 is 1.00 bits per heavy atom. The average molecular weight is 407 g/mol. The molecule has 2 aromatic carbocycles. The highest BCUT2D eigenvalue weighted by Crippen LogP contribution is 2.36. The summed E-state index contributed by atoms with van der Waals surface area (Å²) in [5.41, 5.74) is 1.18. The Morgan fingerprint density at radius 2 is 1.60 bits per heavy atom. The summed E-state index contributed by atoms with van der Waals surface area (Å²) in [5, 5.41) is 0. The van der Waals surface area contributed by atoms with E-state index in [1.807, 2.05) is 52.0 Å². The monoisotopic (exact) mass is 406 g/mol. The molecule has 0 amide bonds. The van der Waals surface area contributed by atoms with Gasteiger partial charge in [0.25, 0.3) is 0 Å². The van der Waals surface area contributed by atoms with Crippen LogP contribution in [0.2, 0.25) is 0 Å². The zero-order valence-corrected chi connectivity index (χ0v) is 16.4. The van der Waals surface area contributed by atoms with E-state index < -0.39 is 0 Å². The molecule has 0 aromatic heterocycles. The number of rotatable bonds is 4. The Balaban J connectivity index is 1.65. The Kier molecular flexibility index (Phi) is 4.97. The van der Waals surface area contributed by atoms with Crippen LogP contribution in [0.4, 0.5) is 4.39 Å². The van der Waals surface area contributed by atoms with E-state index in [0.29, 0.717) is 11.1 Å². The molecule has 0 aliphatic carbocycles. The van der Waals surface area contributed by atoms with E-state index in [-0.39, 0.29) is 29.9 Å². The van der Waals surface area contributed by atoms with Gasteiger partial charge in [0.15, 0.2) is 11.6 Å². The number of benzene rings is 2. The van der Waals surface area contributed by atoms with Crippen molar-refractivity contribution in [2.45, 2.75) is 45.5 Å². The molecule has 3 rings (SSSR count). The SMILES string of the molecule is CC1(C)OB(c2ccc(COc3ccc(Br)cc3F)cc2)OC1(C)C. The van der Waals surface area contributed by atoms with Gasteiger partial charge in [0.1, 0.15) is 6.61 Å². The molecule has 0 saturated carbocycles. The van der Waals surface area contributed by atoms with Crippen LogP contribution in [0.3, 0.4) is 0 Å². The largest absolute Gasteiger partial charge is 0.494 e. The lowest BCUT2D eigenvalue weighted by Crippen LogP contribution is -2.41. The fraction of sp³-hybridized carbons (Fsp3) is 0.368. The van der Waals surface area contributed by atoms with Crippen molar-refractivity contribution in [2.24, 2.45) is 0 Å². The molecule has 0 spiro atoms. The molecule has 1 heterocycles. The Hall–Kier alpha value is -1.37. The molecule has 3 nitrogen and oxygen atoms in total. The lowest BCUT2D eigenvalue weighted by molar-refractivity contribution is 0.00578. The van der Waals surface area contributed by atoms with E-state index in [0.717, 1.165) is 11.0 Å². The van der Waals surface area contributed by atoms with Crippen LogP contribution in [0.25, 0.3) is 0 Å². The van der Waals surface area contributed by atoms with Crippen molar-refractivity contribution in [2.75, 3.05) is 0 Å². The molecule has 1 aliphatic rings. The Bertz CT molecular complexity index is 746. The number of hydrogen-bond acceptors (Lipinski definition) is 3. The zero-order chi connectivity index (χ0) is 18.2. The lowest BCUT2D eigenvalue weighted by Gasteiger charge is -2.32. The summed E-state index contributed by atoms with van der Waals surface area (Å²) in [6.07, 6.45) is 0. The van der Waals surface area contributed by atoms with Crippen LogP contribution in [0, 0.1) is 5.82 Å². The van der Waals surface area contributed by atoms with Gasteiger partial charge in [-0.05, 0) is 56.9 Å².